The maximum absolute atomic E-state index is 11.1. The van der Waals surface area contributed by atoms with Gasteiger partial charge in [0, 0.05) is 5.57 Å². The summed E-state index contributed by atoms with van der Waals surface area (Å²) in [6.45, 7) is 5.19. The largest absolute Gasteiger partial charge is 0.318 e. The van der Waals surface area contributed by atoms with E-state index in [2.05, 4.69) is 11.9 Å². The van der Waals surface area contributed by atoms with Gasteiger partial charge in [-0.05, 0) is 13.0 Å². The highest BCUT2D eigenvalue weighted by Gasteiger charge is 2.29. The molecule has 1 heterocycles. The van der Waals surface area contributed by atoms with Crippen molar-refractivity contribution in [2.75, 3.05) is 0 Å². The van der Waals surface area contributed by atoms with Crippen LogP contribution in [-0.4, -0.2) is 11.7 Å². The highest BCUT2D eigenvalue weighted by molar-refractivity contribution is 6.47. The molecule has 0 spiro atoms. The first-order valence-electron chi connectivity index (χ1n) is 3.55. The zero-order valence-electron chi connectivity index (χ0n) is 6.76. The molecule has 1 rings (SSSR count). The third-order valence-electron chi connectivity index (χ3n) is 1.56. The fourth-order valence-corrected chi connectivity index (χ4v) is 1.03. The summed E-state index contributed by atoms with van der Waals surface area (Å²) < 4.78 is 0. The molecule has 1 saturated heterocycles. The Morgan fingerprint density at radius 2 is 2.08 bits per heavy atom. The van der Waals surface area contributed by atoms with Crippen molar-refractivity contribution in [2.45, 2.75) is 6.92 Å². The number of ketones is 1. The van der Waals surface area contributed by atoms with E-state index in [9.17, 15) is 9.59 Å². The zero-order chi connectivity index (χ0) is 9.14. The molecule has 12 heavy (non-hydrogen) atoms. The van der Waals surface area contributed by atoms with Crippen LogP contribution in [-0.2, 0) is 9.59 Å². The Kier molecular flexibility index (Phi) is 2.24. The van der Waals surface area contributed by atoms with Gasteiger partial charge >= 0.3 is 0 Å². The van der Waals surface area contributed by atoms with Gasteiger partial charge in [0.05, 0.1) is 5.70 Å². The van der Waals surface area contributed by atoms with Crippen molar-refractivity contribution in [3.63, 3.8) is 0 Å². The number of nitrogens with one attached hydrogen (secondary N) is 1. The van der Waals surface area contributed by atoms with Crippen molar-refractivity contribution in [1.29, 1.82) is 0 Å². The maximum Gasteiger partial charge on any atom is 0.296 e. The van der Waals surface area contributed by atoms with E-state index in [-0.39, 0.29) is 0 Å². The molecule has 0 aromatic heterocycles. The summed E-state index contributed by atoms with van der Waals surface area (Å²) in [5.74, 6) is -1.05. The minimum absolute atomic E-state index is 0.417. The zero-order valence-corrected chi connectivity index (χ0v) is 6.76. The molecule has 62 valence electrons. The topological polar surface area (TPSA) is 46.2 Å². The molecule has 0 aromatic carbocycles. The Bertz CT molecular complexity index is 310. The van der Waals surface area contributed by atoms with Crippen LogP contribution in [0.3, 0.4) is 0 Å². The number of rotatable bonds is 1. The van der Waals surface area contributed by atoms with Crippen molar-refractivity contribution in [1.82, 2.24) is 5.32 Å². The molecule has 0 saturated carbocycles. The predicted molar refractivity (Wildman–Crippen MR) is 45.2 cm³/mol. The van der Waals surface area contributed by atoms with Crippen LogP contribution in [0.25, 0.3) is 0 Å². The van der Waals surface area contributed by atoms with E-state index in [0.717, 1.165) is 0 Å². The lowest BCUT2D eigenvalue weighted by atomic mass is 10.1. The highest BCUT2D eigenvalue weighted by Crippen LogP contribution is 2.14. The number of hydrogen-bond donors (Lipinski definition) is 1. The fourth-order valence-electron chi connectivity index (χ4n) is 1.03. The second-order valence-corrected chi connectivity index (χ2v) is 2.30. The SMILES string of the molecule is C=C/C=C1/NC(=O)C(=O)/C1=C/C. The van der Waals surface area contributed by atoms with Crippen molar-refractivity contribution in [3.8, 4) is 0 Å². The average molecular weight is 163 g/mol. The van der Waals surface area contributed by atoms with E-state index < -0.39 is 11.7 Å². The van der Waals surface area contributed by atoms with E-state index in [4.69, 9.17) is 0 Å². The molecule has 1 amide bonds. The molecule has 1 aliphatic heterocycles. The van der Waals surface area contributed by atoms with Gasteiger partial charge in [-0.3, -0.25) is 9.59 Å². The third kappa shape index (κ3) is 1.21. The number of Topliss-reactive ketones (excluding diaryl/α,β-unsaturated/α-hetero) is 1. The Balaban J connectivity index is 3.10. The first-order valence-corrected chi connectivity index (χ1v) is 3.55. The van der Waals surface area contributed by atoms with Crippen LogP contribution < -0.4 is 5.32 Å². The third-order valence-corrected chi connectivity index (χ3v) is 1.56. The van der Waals surface area contributed by atoms with Gasteiger partial charge < -0.3 is 5.32 Å². The van der Waals surface area contributed by atoms with E-state index in [1.807, 2.05) is 0 Å². The highest BCUT2D eigenvalue weighted by atomic mass is 16.2. The Labute approximate surface area is 70.5 Å². The molecule has 0 unspecified atom stereocenters. The van der Waals surface area contributed by atoms with E-state index in [0.29, 0.717) is 11.3 Å². The molecule has 1 fully saturated rings. The second kappa shape index (κ2) is 3.17. The van der Waals surface area contributed by atoms with Gasteiger partial charge in [0.15, 0.2) is 0 Å². The van der Waals surface area contributed by atoms with E-state index in [1.54, 1.807) is 19.1 Å². The van der Waals surface area contributed by atoms with Gasteiger partial charge in [-0.1, -0.05) is 18.7 Å². The molecule has 3 heteroatoms. The summed E-state index contributed by atoms with van der Waals surface area (Å²) in [7, 11) is 0. The molecule has 0 bridgehead atoms. The molecule has 0 aromatic rings. The van der Waals surface area contributed by atoms with Crippen LogP contribution in [0.5, 0.6) is 0 Å². The summed E-state index contributed by atoms with van der Waals surface area (Å²) >= 11 is 0. The van der Waals surface area contributed by atoms with Crippen molar-refractivity contribution < 1.29 is 9.59 Å². The van der Waals surface area contributed by atoms with Gasteiger partial charge in [0.2, 0.25) is 0 Å². The van der Waals surface area contributed by atoms with Crippen LogP contribution in [0.2, 0.25) is 0 Å². The number of carbonyl (C=O) groups is 2. The summed E-state index contributed by atoms with van der Waals surface area (Å²) in [5, 5.41) is 2.44. The lowest BCUT2D eigenvalue weighted by molar-refractivity contribution is -0.133. The lowest BCUT2D eigenvalue weighted by Crippen LogP contribution is -2.17. The van der Waals surface area contributed by atoms with E-state index >= 15 is 0 Å². The Morgan fingerprint density at radius 1 is 1.42 bits per heavy atom. The summed E-state index contributed by atoms with van der Waals surface area (Å²) in [6, 6.07) is 0. The van der Waals surface area contributed by atoms with Crippen molar-refractivity contribution >= 4 is 11.7 Å². The molecule has 1 aliphatic rings. The number of hydrogen-bond acceptors (Lipinski definition) is 2. The van der Waals surface area contributed by atoms with Crippen LogP contribution in [0.4, 0.5) is 0 Å². The normalized spacial score (nSPS) is 23.4. The molecule has 0 radical (unpaired) electrons. The minimum Gasteiger partial charge on any atom is -0.318 e. The Morgan fingerprint density at radius 3 is 2.58 bits per heavy atom. The number of amides is 1. The summed E-state index contributed by atoms with van der Waals surface area (Å²) in [6.07, 6.45) is 4.73. The fraction of sp³-hybridized carbons (Fsp3) is 0.111. The second-order valence-electron chi connectivity index (χ2n) is 2.30. The standard InChI is InChI=1S/C9H9NO2/c1-3-5-7-6(4-2)8(11)9(12)10-7/h3-5H,1H2,2H3,(H,10,12)/b6-4+,7-5+. The minimum atomic E-state index is -0.573. The maximum atomic E-state index is 11.1. The average Bonchev–Trinajstić information content (AvgIpc) is 2.29. The molecule has 1 N–H and O–H groups in total. The van der Waals surface area contributed by atoms with Crippen LogP contribution in [0.1, 0.15) is 6.92 Å². The quantitative estimate of drug-likeness (QED) is 0.457. The number of carbonyl (C=O) groups excluding carboxylic acids is 2. The predicted octanol–water partition coefficient (Wildman–Crippen LogP) is 0.702. The van der Waals surface area contributed by atoms with Crippen LogP contribution in [0.15, 0.2) is 36.1 Å². The lowest BCUT2D eigenvalue weighted by Gasteiger charge is -1.93. The van der Waals surface area contributed by atoms with Crippen molar-refractivity contribution in [2.24, 2.45) is 0 Å². The monoisotopic (exact) mass is 163 g/mol. The number of allylic oxidation sites excluding steroid dienone is 4. The molecule has 0 aliphatic carbocycles. The molecular formula is C9H9NO2. The van der Waals surface area contributed by atoms with Gasteiger partial charge in [0.1, 0.15) is 0 Å². The van der Waals surface area contributed by atoms with Gasteiger partial charge in [-0.15, -0.1) is 0 Å². The molecular weight excluding hydrogens is 154 g/mol. The molecule has 3 nitrogen and oxygen atoms in total. The van der Waals surface area contributed by atoms with E-state index in [1.165, 1.54) is 6.08 Å². The van der Waals surface area contributed by atoms with Gasteiger partial charge in [-0.25, -0.2) is 0 Å². The first kappa shape index (κ1) is 8.46. The van der Waals surface area contributed by atoms with Gasteiger partial charge in [0.25, 0.3) is 11.7 Å². The summed E-state index contributed by atoms with van der Waals surface area (Å²) in [5.41, 5.74) is 0.947. The Hall–Kier alpha value is -1.64. The smallest absolute Gasteiger partial charge is 0.296 e. The first-order chi connectivity index (χ1) is 5.70. The van der Waals surface area contributed by atoms with Crippen molar-refractivity contribution in [3.05, 3.63) is 36.1 Å². The van der Waals surface area contributed by atoms with Crippen LogP contribution in [0, 0.1) is 0 Å². The van der Waals surface area contributed by atoms with Gasteiger partial charge in [-0.2, -0.15) is 0 Å². The summed E-state index contributed by atoms with van der Waals surface area (Å²) in [4.78, 5) is 21.9. The van der Waals surface area contributed by atoms with Crippen LogP contribution >= 0.6 is 0 Å². The molecule has 0 atom stereocenters.